The average Bonchev–Trinajstić information content (AvgIpc) is 2.68. The van der Waals surface area contributed by atoms with Crippen LogP contribution in [0.5, 0.6) is 0 Å². The monoisotopic (exact) mass is 195 g/mol. The molecule has 0 radical (unpaired) electrons. The molecule has 5 nitrogen and oxygen atoms in total. The number of rotatable bonds is 3. The first-order chi connectivity index (χ1) is 6.92. The van der Waals surface area contributed by atoms with Gasteiger partial charge in [0.25, 0.3) is 0 Å². The SMILES string of the molecule is CCNc1nnnn1C1CCCCC1. The minimum atomic E-state index is 0.507. The molecule has 1 N–H and O–H groups in total. The molecule has 2 rings (SSSR count). The molecule has 0 atom stereocenters. The second kappa shape index (κ2) is 4.39. The molecular formula is C9H17N5. The van der Waals surface area contributed by atoms with E-state index in [0.717, 1.165) is 12.5 Å². The van der Waals surface area contributed by atoms with E-state index in [1.165, 1.54) is 32.1 Å². The van der Waals surface area contributed by atoms with E-state index in [9.17, 15) is 0 Å². The van der Waals surface area contributed by atoms with E-state index >= 15 is 0 Å². The molecule has 0 saturated heterocycles. The van der Waals surface area contributed by atoms with Crippen LogP contribution in [-0.4, -0.2) is 26.8 Å². The number of hydrogen-bond donors (Lipinski definition) is 1. The lowest BCUT2D eigenvalue weighted by atomic mass is 9.96. The molecule has 78 valence electrons. The Morgan fingerprint density at radius 3 is 2.86 bits per heavy atom. The Kier molecular flexibility index (Phi) is 2.96. The fourth-order valence-corrected chi connectivity index (χ4v) is 2.04. The van der Waals surface area contributed by atoms with Gasteiger partial charge in [-0.3, -0.25) is 0 Å². The molecule has 1 saturated carbocycles. The number of aromatic nitrogens is 4. The van der Waals surface area contributed by atoms with E-state index in [-0.39, 0.29) is 0 Å². The van der Waals surface area contributed by atoms with Crippen LogP contribution < -0.4 is 5.32 Å². The summed E-state index contributed by atoms with van der Waals surface area (Å²) in [6.07, 6.45) is 6.38. The quantitative estimate of drug-likeness (QED) is 0.796. The molecular weight excluding hydrogens is 178 g/mol. The molecule has 0 aromatic carbocycles. The zero-order chi connectivity index (χ0) is 9.80. The topological polar surface area (TPSA) is 55.6 Å². The van der Waals surface area contributed by atoms with Crippen molar-refractivity contribution >= 4 is 5.95 Å². The van der Waals surface area contributed by atoms with E-state index in [4.69, 9.17) is 0 Å². The number of nitrogens with zero attached hydrogens (tertiary/aromatic N) is 4. The van der Waals surface area contributed by atoms with E-state index in [1.54, 1.807) is 0 Å². The summed E-state index contributed by atoms with van der Waals surface area (Å²) in [5.74, 6) is 0.819. The lowest BCUT2D eigenvalue weighted by Crippen LogP contribution is -2.17. The van der Waals surface area contributed by atoms with Crippen molar-refractivity contribution in [3.05, 3.63) is 0 Å². The molecule has 0 bridgehead atoms. The molecule has 1 heterocycles. The first-order valence-corrected chi connectivity index (χ1v) is 5.43. The molecule has 0 aliphatic heterocycles. The summed E-state index contributed by atoms with van der Waals surface area (Å²) in [5, 5.41) is 14.9. The van der Waals surface area contributed by atoms with E-state index in [0.29, 0.717) is 6.04 Å². The van der Waals surface area contributed by atoms with E-state index < -0.39 is 0 Å². The van der Waals surface area contributed by atoms with Crippen LogP contribution in [0.3, 0.4) is 0 Å². The Labute approximate surface area is 83.9 Å². The van der Waals surface area contributed by atoms with Crippen LogP contribution in [0.4, 0.5) is 5.95 Å². The van der Waals surface area contributed by atoms with Gasteiger partial charge in [0, 0.05) is 6.54 Å². The maximum atomic E-state index is 4.05. The van der Waals surface area contributed by atoms with Gasteiger partial charge in [-0.15, -0.1) is 0 Å². The van der Waals surface area contributed by atoms with Gasteiger partial charge in [0.1, 0.15) is 0 Å². The lowest BCUT2D eigenvalue weighted by molar-refractivity contribution is 0.327. The largest absolute Gasteiger partial charge is 0.353 e. The zero-order valence-electron chi connectivity index (χ0n) is 8.61. The molecule has 1 fully saturated rings. The van der Waals surface area contributed by atoms with Gasteiger partial charge in [-0.1, -0.05) is 24.4 Å². The third-order valence-corrected chi connectivity index (χ3v) is 2.75. The van der Waals surface area contributed by atoms with Gasteiger partial charge < -0.3 is 5.32 Å². The van der Waals surface area contributed by atoms with Crippen molar-refractivity contribution in [3.8, 4) is 0 Å². The molecule has 5 heteroatoms. The van der Waals surface area contributed by atoms with Crippen LogP contribution in [0.15, 0.2) is 0 Å². The van der Waals surface area contributed by atoms with Gasteiger partial charge in [0.2, 0.25) is 5.95 Å². The summed E-state index contributed by atoms with van der Waals surface area (Å²) < 4.78 is 1.95. The minimum absolute atomic E-state index is 0.507. The van der Waals surface area contributed by atoms with Crippen molar-refractivity contribution < 1.29 is 0 Å². The van der Waals surface area contributed by atoms with Crippen LogP contribution in [0, 0.1) is 0 Å². The van der Waals surface area contributed by atoms with Crippen molar-refractivity contribution in [2.75, 3.05) is 11.9 Å². The average molecular weight is 195 g/mol. The highest BCUT2D eigenvalue weighted by Crippen LogP contribution is 2.28. The summed E-state index contributed by atoms with van der Waals surface area (Å²) in [6, 6.07) is 0.507. The standard InChI is InChI=1S/C9H17N5/c1-2-10-9-11-12-13-14(9)8-6-4-3-5-7-8/h8H,2-7H2,1H3,(H,10,11,13). The Morgan fingerprint density at radius 2 is 2.14 bits per heavy atom. The third-order valence-electron chi connectivity index (χ3n) is 2.75. The normalized spacial score (nSPS) is 18.4. The van der Waals surface area contributed by atoms with Crippen molar-refractivity contribution in [2.45, 2.75) is 45.1 Å². The molecule has 0 amide bonds. The Balaban J connectivity index is 2.09. The van der Waals surface area contributed by atoms with Gasteiger partial charge in [0.15, 0.2) is 0 Å². The van der Waals surface area contributed by atoms with Gasteiger partial charge in [-0.2, -0.15) is 0 Å². The van der Waals surface area contributed by atoms with Gasteiger partial charge in [-0.25, -0.2) is 4.68 Å². The van der Waals surface area contributed by atoms with Crippen molar-refractivity contribution in [1.82, 2.24) is 20.2 Å². The maximum Gasteiger partial charge on any atom is 0.243 e. The van der Waals surface area contributed by atoms with Crippen LogP contribution in [0.25, 0.3) is 0 Å². The van der Waals surface area contributed by atoms with Crippen LogP contribution >= 0.6 is 0 Å². The summed E-state index contributed by atoms with van der Waals surface area (Å²) >= 11 is 0. The summed E-state index contributed by atoms with van der Waals surface area (Å²) in [4.78, 5) is 0. The van der Waals surface area contributed by atoms with E-state index in [2.05, 4.69) is 27.8 Å². The molecule has 0 unspecified atom stereocenters. The second-order valence-electron chi connectivity index (χ2n) is 3.77. The number of anilines is 1. The van der Waals surface area contributed by atoms with Crippen molar-refractivity contribution in [2.24, 2.45) is 0 Å². The smallest absolute Gasteiger partial charge is 0.243 e. The Hall–Kier alpha value is -1.13. The minimum Gasteiger partial charge on any atom is -0.353 e. The number of nitrogens with one attached hydrogen (secondary N) is 1. The van der Waals surface area contributed by atoms with Crippen LogP contribution in [0.1, 0.15) is 45.1 Å². The van der Waals surface area contributed by atoms with Gasteiger partial charge >= 0.3 is 0 Å². The Bertz CT molecular complexity index is 276. The number of hydrogen-bond acceptors (Lipinski definition) is 4. The van der Waals surface area contributed by atoms with E-state index in [1.807, 2.05) is 4.68 Å². The fourth-order valence-electron chi connectivity index (χ4n) is 2.04. The molecule has 1 aliphatic carbocycles. The summed E-state index contributed by atoms with van der Waals surface area (Å²) in [5.41, 5.74) is 0. The highest BCUT2D eigenvalue weighted by Gasteiger charge is 2.19. The van der Waals surface area contributed by atoms with Crippen LogP contribution in [-0.2, 0) is 0 Å². The predicted octanol–water partition coefficient (Wildman–Crippen LogP) is 1.61. The predicted molar refractivity (Wildman–Crippen MR) is 54.1 cm³/mol. The van der Waals surface area contributed by atoms with Crippen molar-refractivity contribution in [1.29, 1.82) is 0 Å². The van der Waals surface area contributed by atoms with Gasteiger partial charge in [0.05, 0.1) is 6.04 Å². The molecule has 1 aromatic rings. The summed E-state index contributed by atoms with van der Waals surface area (Å²) in [7, 11) is 0. The Morgan fingerprint density at radius 1 is 1.36 bits per heavy atom. The summed E-state index contributed by atoms with van der Waals surface area (Å²) in [6.45, 7) is 2.92. The molecule has 0 spiro atoms. The van der Waals surface area contributed by atoms with Crippen molar-refractivity contribution in [3.63, 3.8) is 0 Å². The fraction of sp³-hybridized carbons (Fsp3) is 0.889. The van der Waals surface area contributed by atoms with Crippen LogP contribution in [0.2, 0.25) is 0 Å². The maximum absolute atomic E-state index is 4.05. The second-order valence-corrected chi connectivity index (χ2v) is 3.77. The lowest BCUT2D eigenvalue weighted by Gasteiger charge is -2.22. The molecule has 1 aliphatic rings. The first kappa shape index (κ1) is 9.43. The van der Waals surface area contributed by atoms with Gasteiger partial charge in [-0.05, 0) is 30.2 Å². The first-order valence-electron chi connectivity index (χ1n) is 5.43. The third kappa shape index (κ3) is 1.86. The zero-order valence-corrected chi connectivity index (χ0v) is 8.61. The number of tetrazole rings is 1. The molecule has 1 aromatic heterocycles. The molecule has 14 heavy (non-hydrogen) atoms. The highest BCUT2D eigenvalue weighted by molar-refractivity contribution is 5.21. The highest BCUT2D eigenvalue weighted by atomic mass is 15.6.